The largest absolute Gasteiger partial charge is 0.436 e. The number of aromatic nitrogens is 1. The molecule has 1 heterocycles. The molecule has 2 aromatic carbocycles. The molecule has 0 aliphatic heterocycles. The zero-order valence-electron chi connectivity index (χ0n) is 13.7. The molecule has 124 valence electrons. The van der Waals surface area contributed by atoms with Crippen LogP contribution in [0, 0.1) is 0 Å². The van der Waals surface area contributed by atoms with Gasteiger partial charge in [0.25, 0.3) is 0 Å². The normalized spacial score (nSPS) is 21.2. The predicted octanol–water partition coefficient (Wildman–Crippen LogP) is 4.28. The molecule has 2 N–H and O–H groups in total. The van der Waals surface area contributed by atoms with E-state index in [1.54, 1.807) is 0 Å². The van der Waals surface area contributed by atoms with Crippen molar-refractivity contribution in [3.63, 3.8) is 0 Å². The molecular formula is C20H22N2O2. The minimum atomic E-state index is 0.178. The third-order valence-electron chi connectivity index (χ3n) is 4.71. The van der Waals surface area contributed by atoms with Crippen molar-refractivity contribution in [2.24, 2.45) is 5.73 Å². The van der Waals surface area contributed by atoms with E-state index in [0.29, 0.717) is 12.5 Å². The predicted molar refractivity (Wildman–Crippen MR) is 94.5 cm³/mol. The molecule has 2 atom stereocenters. The molecule has 0 radical (unpaired) electrons. The quantitative estimate of drug-likeness (QED) is 0.778. The highest BCUT2D eigenvalue weighted by molar-refractivity contribution is 5.75. The second kappa shape index (κ2) is 6.75. The molecule has 4 rings (SSSR count). The molecule has 4 nitrogen and oxygen atoms in total. The van der Waals surface area contributed by atoms with Gasteiger partial charge in [0.05, 0.1) is 12.7 Å². The van der Waals surface area contributed by atoms with E-state index < -0.39 is 0 Å². The van der Waals surface area contributed by atoms with Crippen LogP contribution in [0.2, 0.25) is 0 Å². The number of ether oxygens (including phenoxy) is 1. The lowest BCUT2D eigenvalue weighted by molar-refractivity contribution is 0.00405. The lowest BCUT2D eigenvalue weighted by Gasteiger charge is -2.28. The Bertz CT molecular complexity index is 777. The highest BCUT2D eigenvalue weighted by atomic mass is 16.5. The number of hydrogen-bond donors (Lipinski definition) is 1. The Morgan fingerprint density at radius 1 is 1.04 bits per heavy atom. The Labute approximate surface area is 141 Å². The summed E-state index contributed by atoms with van der Waals surface area (Å²) < 4.78 is 11.8. The van der Waals surface area contributed by atoms with Crippen LogP contribution in [-0.4, -0.2) is 17.1 Å². The monoisotopic (exact) mass is 322 g/mol. The van der Waals surface area contributed by atoms with Crippen molar-refractivity contribution >= 4 is 11.1 Å². The first-order chi connectivity index (χ1) is 11.8. The van der Waals surface area contributed by atoms with Gasteiger partial charge in [-0.2, -0.15) is 0 Å². The topological polar surface area (TPSA) is 61.3 Å². The Kier molecular flexibility index (Phi) is 4.32. The fourth-order valence-corrected chi connectivity index (χ4v) is 3.27. The molecule has 0 saturated heterocycles. The van der Waals surface area contributed by atoms with Crippen LogP contribution in [0.3, 0.4) is 0 Å². The number of hydrogen-bond acceptors (Lipinski definition) is 4. The van der Waals surface area contributed by atoms with Crippen molar-refractivity contribution in [3.8, 4) is 11.5 Å². The zero-order valence-corrected chi connectivity index (χ0v) is 13.7. The van der Waals surface area contributed by atoms with Gasteiger partial charge in [0.2, 0.25) is 5.89 Å². The van der Waals surface area contributed by atoms with E-state index in [9.17, 15) is 0 Å². The van der Waals surface area contributed by atoms with Gasteiger partial charge in [0.1, 0.15) is 5.52 Å². The van der Waals surface area contributed by atoms with Gasteiger partial charge >= 0.3 is 0 Å². The van der Waals surface area contributed by atoms with Crippen LogP contribution in [0.5, 0.6) is 0 Å². The molecule has 24 heavy (non-hydrogen) atoms. The second-order valence-electron chi connectivity index (χ2n) is 6.48. The van der Waals surface area contributed by atoms with E-state index in [4.69, 9.17) is 14.9 Å². The molecule has 1 saturated carbocycles. The maximum absolute atomic E-state index is 6.13. The fraction of sp³-hybridized carbons (Fsp3) is 0.350. The molecule has 0 bridgehead atoms. The average molecular weight is 322 g/mol. The Balaban J connectivity index is 1.44. The molecule has 4 heteroatoms. The summed E-state index contributed by atoms with van der Waals surface area (Å²) in [6.07, 6.45) is 4.77. The molecule has 1 fully saturated rings. The van der Waals surface area contributed by atoms with Crippen LogP contribution in [0.1, 0.15) is 31.2 Å². The van der Waals surface area contributed by atoms with Gasteiger partial charge < -0.3 is 14.9 Å². The first-order valence-electron chi connectivity index (χ1n) is 8.62. The highest BCUT2D eigenvalue weighted by Crippen LogP contribution is 2.25. The standard InChI is InChI=1S/C20H22N2O2/c21-16-5-1-3-7-18(16)23-13-14-9-11-15(12-10-14)20-22-17-6-2-4-8-19(17)24-20/h2,4,6,8-12,16,18H,1,3,5,7,13,21H2/t16-,18+/m1/s1. The number of oxazole rings is 1. The maximum Gasteiger partial charge on any atom is 0.227 e. The van der Waals surface area contributed by atoms with Crippen LogP contribution < -0.4 is 5.73 Å². The van der Waals surface area contributed by atoms with Gasteiger partial charge in [-0.05, 0) is 42.7 Å². The van der Waals surface area contributed by atoms with Gasteiger partial charge in [-0.15, -0.1) is 0 Å². The van der Waals surface area contributed by atoms with Crippen molar-refractivity contribution in [3.05, 3.63) is 54.1 Å². The third kappa shape index (κ3) is 3.21. The van der Waals surface area contributed by atoms with Crippen molar-refractivity contribution in [1.82, 2.24) is 4.98 Å². The minimum absolute atomic E-state index is 0.178. The van der Waals surface area contributed by atoms with Crippen LogP contribution >= 0.6 is 0 Å². The van der Waals surface area contributed by atoms with Crippen LogP contribution in [0.4, 0.5) is 0 Å². The van der Waals surface area contributed by atoms with Crippen molar-refractivity contribution < 1.29 is 9.15 Å². The summed E-state index contributed by atoms with van der Waals surface area (Å²) in [5.41, 5.74) is 9.95. The van der Waals surface area contributed by atoms with Gasteiger partial charge in [-0.25, -0.2) is 4.98 Å². The molecule has 0 spiro atoms. The number of fused-ring (bicyclic) bond motifs is 1. The molecule has 0 unspecified atom stereocenters. The van der Waals surface area contributed by atoms with Crippen molar-refractivity contribution in [2.45, 2.75) is 44.4 Å². The number of benzene rings is 2. The maximum atomic E-state index is 6.13. The Hall–Kier alpha value is -2.17. The Morgan fingerprint density at radius 2 is 1.83 bits per heavy atom. The molecule has 0 amide bonds. The summed E-state index contributed by atoms with van der Waals surface area (Å²) in [5.74, 6) is 0.651. The van der Waals surface area contributed by atoms with Crippen LogP contribution in [0.25, 0.3) is 22.6 Å². The first-order valence-corrected chi connectivity index (χ1v) is 8.62. The lowest BCUT2D eigenvalue weighted by atomic mass is 9.93. The fourth-order valence-electron chi connectivity index (χ4n) is 3.27. The number of nitrogens with zero attached hydrogens (tertiary/aromatic N) is 1. The van der Waals surface area contributed by atoms with E-state index in [-0.39, 0.29) is 12.1 Å². The molecule has 1 aliphatic carbocycles. The molecule has 1 aliphatic rings. The molecule has 3 aromatic rings. The van der Waals surface area contributed by atoms with Crippen LogP contribution in [-0.2, 0) is 11.3 Å². The van der Waals surface area contributed by atoms with E-state index in [1.807, 2.05) is 36.4 Å². The lowest BCUT2D eigenvalue weighted by Crippen LogP contribution is -2.39. The van der Waals surface area contributed by atoms with E-state index in [2.05, 4.69) is 17.1 Å². The van der Waals surface area contributed by atoms with E-state index in [0.717, 1.165) is 35.1 Å². The van der Waals surface area contributed by atoms with Crippen LogP contribution in [0.15, 0.2) is 52.9 Å². The summed E-state index contributed by atoms with van der Waals surface area (Å²) in [6.45, 7) is 0.603. The minimum Gasteiger partial charge on any atom is -0.436 e. The van der Waals surface area contributed by atoms with Crippen molar-refractivity contribution in [1.29, 1.82) is 0 Å². The summed E-state index contributed by atoms with van der Waals surface area (Å²) in [6, 6.07) is 16.2. The highest BCUT2D eigenvalue weighted by Gasteiger charge is 2.22. The number of para-hydroxylation sites is 2. The van der Waals surface area contributed by atoms with Gasteiger partial charge in [0, 0.05) is 11.6 Å². The summed E-state index contributed by atoms with van der Waals surface area (Å²) in [4.78, 5) is 4.53. The van der Waals surface area contributed by atoms with E-state index in [1.165, 1.54) is 12.8 Å². The summed E-state index contributed by atoms with van der Waals surface area (Å²) >= 11 is 0. The average Bonchev–Trinajstić information content (AvgIpc) is 3.06. The number of nitrogens with two attached hydrogens (primary N) is 1. The third-order valence-corrected chi connectivity index (χ3v) is 4.71. The first kappa shape index (κ1) is 15.4. The second-order valence-corrected chi connectivity index (χ2v) is 6.48. The smallest absolute Gasteiger partial charge is 0.227 e. The van der Waals surface area contributed by atoms with Crippen molar-refractivity contribution in [2.75, 3.05) is 0 Å². The van der Waals surface area contributed by atoms with E-state index >= 15 is 0 Å². The molecule has 1 aromatic heterocycles. The molecular weight excluding hydrogens is 300 g/mol. The zero-order chi connectivity index (χ0) is 16.4. The van der Waals surface area contributed by atoms with Gasteiger partial charge in [-0.1, -0.05) is 37.1 Å². The summed E-state index contributed by atoms with van der Waals surface area (Å²) in [5, 5.41) is 0. The number of rotatable bonds is 4. The summed E-state index contributed by atoms with van der Waals surface area (Å²) in [7, 11) is 0. The Morgan fingerprint density at radius 3 is 2.62 bits per heavy atom. The SMILES string of the molecule is N[C@@H]1CCCC[C@@H]1OCc1ccc(-c2nc3ccccc3o2)cc1. The van der Waals surface area contributed by atoms with Gasteiger partial charge in [0.15, 0.2) is 5.58 Å². The van der Waals surface area contributed by atoms with Gasteiger partial charge in [-0.3, -0.25) is 0 Å².